The van der Waals surface area contributed by atoms with Gasteiger partial charge in [-0.15, -0.1) is 0 Å². The van der Waals surface area contributed by atoms with E-state index in [0.717, 1.165) is 43.5 Å². The second kappa shape index (κ2) is 12.0. The number of ether oxygens (including phenoxy) is 2. The Morgan fingerprint density at radius 1 is 0.744 bits per heavy atom. The highest BCUT2D eigenvalue weighted by molar-refractivity contribution is 6.30. The topological polar surface area (TPSA) is 84.2 Å². The summed E-state index contributed by atoms with van der Waals surface area (Å²) in [6, 6.07) is 22.4. The molecule has 2 unspecified atom stereocenters. The van der Waals surface area contributed by atoms with Crippen molar-refractivity contribution in [1.29, 1.82) is 0 Å². The maximum absolute atomic E-state index is 11.6. The first-order valence-corrected chi connectivity index (χ1v) is 13.7. The molecule has 2 aromatic heterocycles. The van der Waals surface area contributed by atoms with Crippen molar-refractivity contribution in [2.24, 2.45) is 0 Å². The van der Waals surface area contributed by atoms with Gasteiger partial charge in [0.1, 0.15) is 11.4 Å². The van der Waals surface area contributed by atoms with Crippen LogP contribution in [0.1, 0.15) is 79.3 Å². The van der Waals surface area contributed by atoms with Crippen molar-refractivity contribution in [3.63, 3.8) is 0 Å². The van der Waals surface area contributed by atoms with Crippen molar-refractivity contribution < 1.29 is 19.1 Å². The van der Waals surface area contributed by atoms with Gasteiger partial charge in [0.15, 0.2) is 0 Å². The van der Waals surface area contributed by atoms with E-state index in [4.69, 9.17) is 21.1 Å². The predicted octanol–water partition coefficient (Wildman–Crippen LogP) is 6.80. The number of aromatic nitrogens is 2. The number of fused-ring (bicyclic) bond motifs is 2. The van der Waals surface area contributed by atoms with Crippen LogP contribution in [0.25, 0.3) is 0 Å². The fourth-order valence-electron chi connectivity index (χ4n) is 5.78. The van der Waals surface area contributed by atoms with Crippen molar-refractivity contribution >= 4 is 23.5 Å². The molecule has 0 spiro atoms. The lowest BCUT2D eigenvalue weighted by Gasteiger charge is -2.10. The molecule has 0 bridgehead atoms. The number of carbonyl (C=O) groups excluding carboxylic acids is 2. The van der Waals surface area contributed by atoms with E-state index in [1.54, 1.807) is 0 Å². The van der Waals surface area contributed by atoms with E-state index in [1.165, 1.54) is 47.9 Å². The first-order chi connectivity index (χ1) is 18.9. The SMILES string of the molecule is COC(=O)c1cc2c([nH]1)CCC2Cc1ccc(Cl)cc1.COC(=O)c1cc2c([nH]1)CCC2Cc1ccccc1. The van der Waals surface area contributed by atoms with E-state index in [9.17, 15) is 9.59 Å². The Bertz CT molecular complexity index is 1440. The second-order valence-corrected chi connectivity index (χ2v) is 10.6. The molecule has 2 aromatic carbocycles. The molecule has 2 heterocycles. The third-order valence-electron chi connectivity index (χ3n) is 7.76. The summed E-state index contributed by atoms with van der Waals surface area (Å²) in [5.41, 5.74) is 8.65. The first-order valence-electron chi connectivity index (χ1n) is 13.3. The lowest BCUT2D eigenvalue weighted by Crippen LogP contribution is -2.02. The molecule has 4 aromatic rings. The van der Waals surface area contributed by atoms with E-state index in [1.807, 2.05) is 30.3 Å². The highest BCUT2D eigenvalue weighted by Gasteiger charge is 2.28. The van der Waals surface area contributed by atoms with Crippen molar-refractivity contribution in [1.82, 2.24) is 9.97 Å². The van der Waals surface area contributed by atoms with Gasteiger partial charge in [-0.05, 0) is 96.9 Å². The van der Waals surface area contributed by atoms with Crippen LogP contribution in [0, 0.1) is 0 Å². The van der Waals surface area contributed by atoms with E-state index < -0.39 is 0 Å². The number of halogens is 1. The van der Waals surface area contributed by atoms with Gasteiger partial charge < -0.3 is 19.4 Å². The van der Waals surface area contributed by atoms with Crippen molar-refractivity contribution in [3.8, 4) is 0 Å². The van der Waals surface area contributed by atoms with Crippen LogP contribution in [0.3, 0.4) is 0 Å². The summed E-state index contributed by atoms with van der Waals surface area (Å²) in [4.78, 5) is 29.4. The van der Waals surface area contributed by atoms with Crippen LogP contribution in [-0.4, -0.2) is 36.1 Å². The Morgan fingerprint density at radius 2 is 1.21 bits per heavy atom. The van der Waals surface area contributed by atoms with Gasteiger partial charge in [0.05, 0.1) is 14.2 Å². The number of hydrogen-bond acceptors (Lipinski definition) is 4. The molecule has 0 fully saturated rings. The fourth-order valence-corrected chi connectivity index (χ4v) is 5.91. The molecule has 6 nitrogen and oxygen atoms in total. The maximum atomic E-state index is 11.6. The smallest absolute Gasteiger partial charge is 0.354 e. The monoisotopic (exact) mass is 544 g/mol. The molecule has 7 heteroatoms. The molecular formula is C32H33ClN2O4. The molecule has 2 N–H and O–H groups in total. The number of benzene rings is 2. The quantitative estimate of drug-likeness (QED) is 0.261. The van der Waals surface area contributed by atoms with E-state index in [-0.39, 0.29) is 11.9 Å². The normalized spacial score (nSPS) is 17.1. The molecule has 0 saturated heterocycles. The highest BCUT2D eigenvalue weighted by atomic mass is 35.5. The average Bonchev–Trinajstić information content (AvgIpc) is 3.73. The Kier molecular flexibility index (Phi) is 8.22. The third kappa shape index (κ3) is 6.12. The number of methoxy groups -OCH3 is 2. The minimum Gasteiger partial charge on any atom is -0.464 e. The Balaban J connectivity index is 0.000000158. The number of H-pyrrole nitrogens is 2. The molecule has 6 rings (SSSR count). The molecule has 2 aliphatic carbocycles. The average molecular weight is 545 g/mol. The van der Waals surface area contributed by atoms with E-state index in [0.29, 0.717) is 23.2 Å². The zero-order valence-electron chi connectivity index (χ0n) is 22.3. The standard InChI is InChI=1S/C16H16ClNO2.C16H17NO2/c1-20-16(19)15-9-13-11(4-7-14(13)18-15)8-10-2-5-12(17)6-3-10;1-19-16(18)15-10-13-12(7-8-14(13)17-15)9-11-5-3-2-4-6-11/h2-3,5-6,9,11,18H,4,7-8H2,1H3;2-6,10,12,17H,7-9H2,1H3. The molecule has 2 aliphatic rings. The minimum absolute atomic E-state index is 0.284. The van der Waals surface area contributed by atoms with Gasteiger partial charge in [-0.2, -0.15) is 0 Å². The van der Waals surface area contributed by atoms with Gasteiger partial charge in [-0.1, -0.05) is 54.1 Å². The summed E-state index contributed by atoms with van der Waals surface area (Å²) >= 11 is 5.91. The number of hydrogen-bond donors (Lipinski definition) is 2. The molecule has 39 heavy (non-hydrogen) atoms. The van der Waals surface area contributed by atoms with Gasteiger partial charge in [-0.3, -0.25) is 0 Å². The Labute approximate surface area is 233 Å². The Morgan fingerprint density at radius 3 is 1.67 bits per heavy atom. The van der Waals surface area contributed by atoms with Gasteiger partial charge in [0, 0.05) is 16.4 Å². The molecule has 0 radical (unpaired) electrons. The zero-order valence-corrected chi connectivity index (χ0v) is 23.0. The van der Waals surface area contributed by atoms with Gasteiger partial charge in [0.25, 0.3) is 0 Å². The fraction of sp³-hybridized carbons (Fsp3) is 0.312. The van der Waals surface area contributed by atoms with Crippen LogP contribution >= 0.6 is 11.6 Å². The van der Waals surface area contributed by atoms with Gasteiger partial charge >= 0.3 is 11.9 Å². The number of carbonyl (C=O) groups is 2. The van der Waals surface area contributed by atoms with Crippen LogP contribution in [0.15, 0.2) is 66.7 Å². The number of rotatable bonds is 6. The van der Waals surface area contributed by atoms with Crippen molar-refractivity contribution in [2.45, 2.75) is 50.4 Å². The summed E-state index contributed by atoms with van der Waals surface area (Å²) in [7, 11) is 2.81. The first kappa shape index (κ1) is 26.8. The predicted molar refractivity (Wildman–Crippen MR) is 152 cm³/mol. The summed E-state index contributed by atoms with van der Waals surface area (Å²) in [6.45, 7) is 0. The lowest BCUT2D eigenvalue weighted by atomic mass is 9.95. The Hall–Kier alpha value is -3.77. The van der Waals surface area contributed by atoms with Crippen LogP contribution in [0.4, 0.5) is 0 Å². The van der Waals surface area contributed by atoms with E-state index >= 15 is 0 Å². The van der Waals surface area contributed by atoms with Crippen LogP contribution in [0.2, 0.25) is 5.02 Å². The lowest BCUT2D eigenvalue weighted by molar-refractivity contribution is 0.0586. The van der Waals surface area contributed by atoms with Gasteiger partial charge in [0.2, 0.25) is 0 Å². The molecule has 202 valence electrons. The molecule has 2 atom stereocenters. The van der Waals surface area contributed by atoms with E-state index in [2.05, 4.69) is 46.4 Å². The third-order valence-corrected chi connectivity index (χ3v) is 8.02. The number of nitrogens with one attached hydrogen (secondary N) is 2. The van der Waals surface area contributed by atoms with Crippen LogP contribution in [-0.2, 0) is 35.2 Å². The number of esters is 2. The summed E-state index contributed by atoms with van der Waals surface area (Å²) in [5, 5.41) is 0.760. The van der Waals surface area contributed by atoms with Crippen LogP contribution in [0.5, 0.6) is 0 Å². The molecule has 0 aliphatic heterocycles. The zero-order chi connectivity index (χ0) is 27.4. The summed E-state index contributed by atoms with van der Waals surface area (Å²) in [6.07, 6.45) is 6.28. The molecule has 0 amide bonds. The van der Waals surface area contributed by atoms with Gasteiger partial charge in [-0.25, -0.2) is 9.59 Å². The van der Waals surface area contributed by atoms with Crippen molar-refractivity contribution in [3.05, 3.63) is 117 Å². The number of aryl methyl sites for hydroxylation is 2. The summed E-state index contributed by atoms with van der Waals surface area (Å²) in [5.74, 6) is 0.380. The van der Waals surface area contributed by atoms with Crippen molar-refractivity contribution in [2.75, 3.05) is 14.2 Å². The molecular weight excluding hydrogens is 512 g/mol. The largest absolute Gasteiger partial charge is 0.464 e. The number of aromatic amines is 2. The summed E-state index contributed by atoms with van der Waals surface area (Å²) < 4.78 is 9.51. The minimum atomic E-state index is -0.301. The second-order valence-electron chi connectivity index (χ2n) is 10.2. The van der Waals surface area contributed by atoms with Crippen LogP contribution < -0.4 is 0 Å². The maximum Gasteiger partial charge on any atom is 0.354 e. The highest BCUT2D eigenvalue weighted by Crippen LogP contribution is 2.37. The molecule has 0 saturated carbocycles.